The van der Waals surface area contributed by atoms with E-state index in [0.29, 0.717) is 13.0 Å². The summed E-state index contributed by atoms with van der Waals surface area (Å²) in [5.41, 5.74) is 8.51. The Kier molecular flexibility index (Phi) is 3.23. The van der Waals surface area contributed by atoms with Gasteiger partial charge in [0.05, 0.1) is 6.61 Å². The van der Waals surface area contributed by atoms with Crippen molar-refractivity contribution in [2.24, 2.45) is 5.73 Å². The second-order valence-electron chi connectivity index (χ2n) is 3.93. The van der Waals surface area contributed by atoms with Gasteiger partial charge in [-0.1, -0.05) is 6.07 Å². The van der Waals surface area contributed by atoms with Gasteiger partial charge in [0.2, 0.25) is 0 Å². The Morgan fingerprint density at radius 2 is 2.33 bits per heavy atom. The fraction of sp³-hybridized carbons (Fsp3) is 0.500. The molecule has 15 heavy (non-hydrogen) atoms. The normalized spacial score (nSPS) is 18.9. The lowest BCUT2D eigenvalue weighted by atomic mass is 10.1. The van der Waals surface area contributed by atoms with Gasteiger partial charge in [0, 0.05) is 19.1 Å². The molecule has 0 aliphatic heterocycles. The fourth-order valence-corrected chi connectivity index (χ4v) is 1.97. The Morgan fingerprint density at radius 1 is 1.47 bits per heavy atom. The average Bonchev–Trinajstić information content (AvgIpc) is 2.61. The maximum absolute atomic E-state index is 8.64. The van der Waals surface area contributed by atoms with E-state index in [-0.39, 0.29) is 12.6 Å². The monoisotopic (exact) mass is 207 g/mol. The van der Waals surface area contributed by atoms with Crippen molar-refractivity contribution in [3.8, 4) is 5.75 Å². The first-order chi connectivity index (χ1) is 7.31. The molecule has 3 heteroatoms. The van der Waals surface area contributed by atoms with Crippen LogP contribution in [0.3, 0.4) is 0 Å². The maximum atomic E-state index is 8.64. The van der Waals surface area contributed by atoms with Crippen molar-refractivity contribution in [1.82, 2.24) is 0 Å². The molecule has 0 radical (unpaired) electrons. The number of benzene rings is 1. The van der Waals surface area contributed by atoms with Gasteiger partial charge in [0.25, 0.3) is 0 Å². The number of rotatable bonds is 4. The fourth-order valence-electron chi connectivity index (χ4n) is 1.97. The van der Waals surface area contributed by atoms with Gasteiger partial charge in [-0.2, -0.15) is 0 Å². The quantitative estimate of drug-likeness (QED) is 0.734. The lowest BCUT2D eigenvalue weighted by Gasteiger charge is -2.08. The summed E-state index contributed by atoms with van der Waals surface area (Å²) in [5, 5.41) is 8.64. The number of aliphatic hydroxyl groups excluding tert-OH is 1. The summed E-state index contributed by atoms with van der Waals surface area (Å²) in [5.74, 6) is 0.885. The topological polar surface area (TPSA) is 55.5 Å². The van der Waals surface area contributed by atoms with Crippen LogP contribution in [0.15, 0.2) is 18.2 Å². The van der Waals surface area contributed by atoms with E-state index in [2.05, 4.69) is 12.1 Å². The molecular weight excluding hydrogens is 190 g/mol. The summed E-state index contributed by atoms with van der Waals surface area (Å²) in [4.78, 5) is 0. The molecule has 1 atom stereocenters. The lowest BCUT2D eigenvalue weighted by Crippen LogP contribution is -2.05. The van der Waals surface area contributed by atoms with E-state index in [9.17, 15) is 0 Å². The minimum absolute atomic E-state index is 0.176. The third-order valence-corrected chi connectivity index (χ3v) is 2.81. The molecule has 3 nitrogen and oxygen atoms in total. The molecule has 3 N–H and O–H groups in total. The molecule has 0 aromatic heterocycles. The molecule has 82 valence electrons. The number of nitrogens with two attached hydrogens (primary N) is 1. The Morgan fingerprint density at radius 3 is 3.13 bits per heavy atom. The molecule has 1 aliphatic carbocycles. The molecule has 2 rings (SSSR count). The zero-order valence-electron chi connectivity index (χ0n) is 8.78. The summed E-state index contributed by atoms with van der Waals surface area (Å²) in [6, 6.07) is 6.29. The van der Waals surface area contributed by atoms with Gasteiger partial charge in [0.1, 0.15) is 5.75 Å². The van der Waals surface area contributed by atoms with Crippen molar-refractivity contribution in [3.05, 3.63) is 29.3 Å². The summed E-state index contributed by atoms with van der Waals surface area (Å²) < 4.78 is 5.51. The minimum atomic E-state index is 0.176. The summed E-state index contributed by atoms with van der Waals surface area (Å²) >= 11 is 0. The van der Waals surface area contributed by atoms with Gasteiger partial charge in [-0.15, -0.1) is 0 Å². The van der Waals surface area contributed by atoms with Gasteiger partial charge >= 0.3 is 0 Å². The first-order valence-electron chi connectivity index (χ1n) is 5.43. The number of aryl methyl sites for hydroxylation is 1. The molecule has 0 bridgehead atoms. The molecule has 0 spiro atoms. The highest BCUT2D eigenvalue weighted by atomic mass is 16.5. The Bertz CT molecular complexity index is 338. The molecule has 1 aliphatic rings. The van der Waals surface area contributed by atoms with Crippen LogP contribution in [0.25, 0.3) is 0 Å². The van der Waals surface area contributed by atoms with Gasteiger partial charge in [-0.3, -0.25) is 0 Å². The predicted molar refractivity (Wildman–Crippen MR) is 58.9 cm³/mol. The Balaban J connectivity index is 2.03. The number of fused-ring (bicyclic) bond motifs is 1. The van der Waals surface area contributed by atoms with Crippen LogP contribution >= 0.6 is 0 Å². The van der Waals surface area contributed by atoms with Crippen LogP contribution in [-0.4, -0.2) is 18.3 Å². The van der Waals surface area contributed by atoms with E-state index >= 15 is 0 Å². The average molecular weight is 207 g/mol. The number of hydrogen-bond acceptors (Lipinski definition) is 3. The van der Waals surface area contributed by atoms with Crippen LogP contribution in [0.4, 0.5) is 0 Å². The van der Waals surface area contributed by atoms with Crippen LogP contribution in [-0.2, 0) is 6.42 Å². The van der Waals surface area contributed by atoms with Crippen LogP contribution in [0.1, 0.15) is 30.0 Å². The molecule has 0 fully saturated rings. The zero-order chi connectivity index (χ0) is 10.7. The molecule has 0 unspecified atom stereocenters. The number of hydrogen-bond donors (Lipinski definition) is 2. The van der Waals surface area contributed by atoms with E-state index in [0.717, 1.165) is 18.6 Å². The molecule has 0 heterocycles. The van der Waals surface area contributed by atoms with Gasteiger partial charge in [0.15, 0.2) is 0 Å². The van der Waals surface area contributed by atoms with Gasteiger partial charge in [-0.05, 0) is 36.1 Å². The van der Waals surface area contributed by atoms with Crippen LogP contribution in [0.5, 0.6) is 5.75 Å². The first kappa shape index (κ1) is 10.5. The van der Waals surface area contributed by atoms with Gasteiger partial charge in [-0.25, -0.2) is 0 Å². The van der Waals surface area contributed by atoms with E-state index < -0.39 is 0 Å². The molecule has 1 aromatic rings. The maximum Gasteiger partial charge on any atom is 0.119 e. The Hall–Kier alpha value is -1.06. The highest BCUT2D eigenvalue weighted by molar-refractivity contribution is 5.40. The van der Waals surface area contributed by atoms with Crippen LogP contribution in [0, 0.1) is 0 Å². The van der Waals surface area contributed by atoms with E-state index in [4.69, 9.17) is 15.6 Å². The second kappa shape index (κ2) is 4.64. The predicted octanol–water partition coefficient (Wildman–Crippen LogP) is 1.39. The molecule has 1 aromatic carbocycles. The molecule has 0 saturated carbocycles. The molecular formula is C12H17NO2. The summed E-state index contributed by atoms with van der Waals surface area (Å²) in [6.07, 6.45) is 2.76. The molecule has 0 amide bonds. The standard InChI is InChI=1S/C12H17NO2/c13-12-5-2-9-8-10(3-4-11(9)12)15-7-1-6-14/h3-4,8,12,14H,1-2,5-7,13H2/t12-/m1/s1. The largest absolute Gasteiger partial charge is 0.493 e. The lowest BCUT2D eigenvalue weighted by molar-refractivity contribution is 0.233. The van der Waals surface area contributed by atoms with E-state index in [1.807, 2.05) is 6.07 Å². The highest BCUT2D eigenvalue weighted by Gasteiger charge is 2.18. The van der Waals surface area contributed by atoms with Crippen molar-refractivity contribution in [2.45, 2.75) is 25.3 Å². The van der Waals surface area contributed by atoms with Crippen LogP contribution in [0.2, 0.25) is 0 Å². The first-order valence-corrected chi connectivity index (χ1v) is 5.43. The van der Waals surface area contributed by atoms with Gasteiger partial charge < -0.3 is 15.6 Å². The summed E-state index contributed by atoms with van der Waals surface area (Å²) in [6.45, 7) is 0.747. The van der Waals surface area contributed by atoms with Crippen molar-refractivity contribution in [2.75, 3.05) is 13.2 Å². The van der Waals surface area contributed by atoms with Crippen LogP contribution < -0.4 is 10.5 Å². The number of ether oxygens (including phenoxy) is 1. The third-order valence-electron chi connectivity index (χ3n) is 2.81. The van der Waals surface area contributed by atoms with Crippen molar-refractivity contribution in [1.29, 1.82) is 0 Å². The van der Waals surface area contributed by atoms with Crippen molar-refractivity contribution >= 4 is 0 Å². The summed E-state index contributed by atoms with van der Waals surface area (Å²) in [7, 11) is 0. The second-order valence-corrected chi connectivity index (χ2v) is 3.93. The number of aliphatic hydroxyl groups is 1. The third kappa shape index (κ3) is 2.30. The van der Waals surface area contributed by atoms with Crippen molar-refractivity contribution in [3.63, 3.8) is 0 Å². The van der Waals surface area contributed by atoms with E-state index in [1.54, 1.807) is 0 Å². The zero-order valence-corrected chi connectivity index (χ0v) is 8.78. The minimum Gasteiger partial charge on any atom is -0.493 e. The smallest absolute Gasteiger partial charge is 0.119 e. The highest BCUT2D eigenvalue weighted by Crippen LogP contribution is 2.31. The molecule has 0 saturated heterocycles. The Labute approximate surface area is 89.9 Å². The van der Waals surface area contributed by atoms with E-state index in [1.165, 1.54) is 11.1 Å². The SMILES string of the molecule is N[C@@H]1CCc2cc(OCCCO)ccc21. The van der Waals surface area contributed by atoms with Crippen molar-refractivity contribution < 1.29 is 9.84 Å².